The van der Waals surface area contributed by atoms with E-state index in [1.807, 2.05) is 0 Å². The fraction of sp³-hybridized carbons (Fsp3) is 0.417. The lowest BCUT2D eigenvalue weighted by Crippen LogP contribution is -2.36. The summed E-state index contributed by atoms with van der Waals surface area (Å²) in [5.41, 5.74) is 0.658. The quantitative estimate of drug-likeness (QED) is 0.877. The Hall–Kier alpha value is -1.65. The molecule has 0 saturated heterocycles. The first-order chi connectivity index (χ1) is 8.08. The number of hydrogen-bond donors (Lipinski definition) is 1. The minimum atomic E-state index is -2.96. The lowest BCUT2D eigenvalue weighted by atomic mass is 10.2. The van der Waals surface area contributed by atoms with Gasteiger partial charge < -0.3 is 10.0 Å². The number of nitrogens with zero attached hydrogens (tertiary/aromatic N) is 1. The Morgan fingerprint density at radius 3 is 2.71 bits per heavy atom. The van der Waals surface area contributed by atoms with Crippen LogP contribution >= 0.6 is 0 Å². The van der Waals surface area contributed by atoms with Gasteiger partial charge >= 0.3 is 6.43 Å². The highest BCUT2D eigenvalue weighted by Gasteiger charge is 2.36. The molecule has 5 heteroatoms. The third-order valence-electron chi connectivity index (χ3n) is 2.72. The third-order valence-corrected chi connectivity index (χ3v) is 2.72. The summed E-state index contributed by atoms with van der Waals surface area (Å²) in [5.74, 6) is -1.06. The first-order valence-electron chi connectivity index (χ1n) is 5.44. The van der Waals surface area contributed by atoms with Crippen molar-refractivity contribution in [2.24, 2.45) is 0 Å². The molecule has 0 aromatic heterocycles. The third kappa shape index (κ3) is 2.93. The molecular formula is C12H13F2NO2. The molecule has 1 fully saturated rings. The van der Waals surface area contributed by atoms with Gasteiger partial charge in [-0.1, -0.05) is 12.1 Å². The molecule has 1 aromatic rings. The van der Waals surface area contributed by atoms with Gasteiger partial charge in [0.2, 0.25) is 0 Å². The van der Waals surface area contributed by atoms with Crippen LogP contribution in [0.4, 0.5) is 8.78 Å². The van der Waals surface area contributed by atoms with Crippen molar-refractivity contribution >= 4 is 5.91 Å². The van der Waals surface area contributed by atoms with Gasteiger partial charge in [0.1, 0.15) is 5.75 Å². The first-order valence-corrected chi connectivity index (χ1v) is 5.44. The van der Waals surface area contributed by atoms with Gasteiger partial charge in [-0.3, -0.25) is 4.79 Å². The maximum atomic E-state index is 12.4. The van der Waals surface area contributed by atoms with Crippen molar-refractivity contribution in [1.29, 1.82) is 0 Å². The molecule has 1 aromatic carbocycles. The second kappa shape index (κ2) is 4.69. The Kier molecular flexibility index (Phi) is 3.26. The van der Waals surface area contributed by atoms with Crippen molar-refractivity contribution in [3.8, 4) is 5.75 Å². The zero-order valence-corrected chi connectivity index (χ0v) is 9.14. The topological polar surface area (TPSA) is 40.5 Å². The van der Waals surface area contributed by atoms with E-state index < -0.39 is 12.3 Å². The number of amides is 1. The number of carbonyl (C=O) groups excluding carboxylic acids is 1. The van der Waals surface area contributed by atoms with Crippen LogP contribution in [0, 0.1) is 0 Å². The summed E-state index contributed by atoms with van der Waals surface area (Å²) in [6.45, 7) is 0.127. The van der Waals surface area contributed by atoms with E-state index in [2.05, 4.69) is 0 Å². The van der Waals surface area contributed by atoms with E-state index >= 15 is 0 Å². The molecular weight excluding hydrogens is 228 g/mol. The normalized spacial score (nSPS) is 15.0. The van der Waals surface area contributed by atoms with Crippen molar-refractivity contribution < 1.29 is 18.7 Å². The van der Waals surface area contributed by atoms with Crippen LogP contribution in [-0.4, -0.2) is 28.4 Å². The Morgan fingerprint density at radius 1 is 1.47 bits per heavy atom. The van der Waals surface area contributed by atoms with E-state index in [1.54, 1.807) is 12.1 Å². The van der Waals surface area contributed by atoms with E-state index in [9.17, 15) is 18.7 Å². The van der Waals surface area contributed by atoms with Crippen LogP contribution in [-0.2, 0) is 11.3 Å². The summed E-state index contributed by atoms with van der Waals surface area (Å²) in [5, 5.41) is 9.28. The summed E-state index contributed by atoms with van der Waals surface area (Å²) in [4.78, 5) is 12.5. The molecule has 1 N–H and O–H groups in total. The molecule has 1 aliphatic rings. The van der Waals surface area contributed by atoms with Gasteiger partial charge in [-0.15, -0.1) is 0 Å². The van der Waals surface area contributed by atoms with Gasteiger partial charge in [0.05, 0.1) is 0 Å². The van der Waals surface area contributed by atoms with Crippen molar-refractivity contribution in [3.05, 3.63) is 29.8 Å². The van der Waals surface area contributed by atoms with Gasteiger partial charge in [0, 0.05) is 12.6 Å². The number of rotatable bonds is 4. The number of benzene rings is 1. The van der Waals surface area contributed by atoms with Crippen LogP contribution in [0.3, 0.4) is 0 Å². The van der Waals surface area contributed by atoms with Gasteiger partial charge in [-0.2, -0.15) is 8.78 Å². The second-order valence-corrected chi connectivity index (χ2v) is 4.17. The highest BCUT2D eigenvalue weighted by molar-refractivity contribution is 5.80. The SMILES string of the molecule is O=C(C(F)F)N(Cc1cccc(O)c1)C1CC1. The number of hydrogen-bond acceptors (Lipinski definition) is 2. The molecule has 0 aliphatic heterocycles. The smallest absolute Gasteiger partial charge is 0.315 e. The molecule has 0 atom stereocenters. The molecule has 92 valence electrons. The van der Waals surface area contributed by atoms with Crippen LogP contribution in [0.2, 0.25) is 0 Å². The molecule has 3 nitrogen and oxygen atoms in total. The monoisotopic (exact) mass is 241 g/mol. The summed E-state index contributed by atoms with van der Waals surface area (Å²) < 4.78 is 24.8. The first kappa shape index (κ1) is 11.8. The largest absolute Gasteiger partial charge is 0.508 e. The predicted molar refractivity (Wildman–Crippen MR) is 57.7 cm³/mol. The fourth-order valence-electron chi connectivity index (χ4n) is 1.75. The van der Waals surface area contributed by atoms with E-state index in [0.29, 0.717) is 5.56 Å². The zero-order valence-electron chi connectivity index (χ0n) is 9.14. The minimum absolute atomic E-state index is 0.0705. The molecule has 0 spiro atoms. The van der Waals surface area contributed by atoms with Crippen molar-refractivity contribution in [1.82, 2.24) is 4.90 Å². The number of aromatic hydroxyl groups is 1. The van der Waals surface area contributed by atoms with Crippen molar-refractivity contribution in [3.63, 3.8) is 0 Å². The molecule has 1 aliphatic carbocycles. The number of carbonyl (C=O) groups is 1. The van der Waals surface area contributed by atoms with E-state index in [-0.39, 0.29) is 18.3 Å². The number of halogens is 2. The van der Waals surface area contributed by atoms with Crippen molar-refractivity contribution in [2.75, 3.05) is 0 Å². The van der Waals surface area contributed by atoms with Crippen LogP contribution in [0.15, 0.2) is 24.3 Å². The predicted octanol–water partition coefficient (Wildman–Crippen LogP) is 2.15. The van der Waals surface area contributed by atoms with E-state index in [4.69, 9.17) is 0 Å². The second-order valence-electron chi connectivity index (χ2n) is 4.17. The van der Waals surface area contributed by atoms with Crippen LogP contribution in [0.5, 0.6) is 5.75 Å². The standard InChI is InChI=1S/C12H13F2NO2/c13-11(14)12(17)15(9-4-5-9)7-8-2-1-3-10(16)6-8/h1-3,6,9,11,16H,4-5,7H2. The zero-order chi connectivity index (χ0) is 12.4. The molecule has 2 rings (SSSR count). The lowest BCUT2D eigenvalue weighted by Gasteiger charge is -2.22. The van der Waals surface area contributed by atoms with Gasteiger partial charge in [0.25, 0.3) is 5.91 Å². The van der Waals surface area contributed by atoms with E-state index in [1.165, 1.54) is 17.0 Å². The van der Waals surface area contributed by atoms with Gasteiger partial charge in [-0.25, -0.2) is 0 Å². The summed E-state index contributed by atoms with van der Waals surface area (Å²) >= 11 is 0. The van der Waals surface area contributed by atoms with E-state index in [0.717, 1.165) is 12.8 Å². The minimum Gasteiger partial charge on any atom is -0.508 e. The molecule has 0 heterocycles. The van der Waals surface area contributed by atoms with Gasteiger partial charge in [-0.05, 0) is 30.5 Å². The Labute approximate surface area is 97.7 Å². The molecule has 1 saturated carbocycles. The van der Waals surface area contributed by atoms with Gasteiger partial charge in [0.15, 0.2) is 0 Å². The van der Waals surface area contributed by atoms with Crippen LogP contribution in [0.1, 0.15) is 18.4 Å². The summed E-state index contributed by atoms with van der Waals surface area (Å²) in [6, 6.07) is 6.24. The number of phenolic OH excluding ortho intramolecular Hbond substituents is 1. The Morgan fingerprint density at radius 2 is 2.18 bits per heavy atom. The maximum absolute atomic E-state index is 12.4. The molecule has 1 amide bonds. The average Bonchev–Trinajstić information content (AvgIpc) is 3.09. The fourth-order valence-corrected chi connectivity index (χ4v) is 1.75. The Balaban J connectivity index is 2.10. The molecule has 0 unspecified atom stereocenters. The summed E-state index contributed by atoms with van der Waals surface area (Å²) in [7, 11) is 0. The van der Waals surface area contributed by atoms with Crippen molar-refractivity contribution in [2.45, 2.75) is 31.9 Å². The number of phenols is 1. The molecule has 17 heavy (non-hydrogen) atoms. The Bertz CT molecular complexity index is 419. The highest BCUT2D eigenvalue weighted by atomic mass is 19.3. The molecule has 0 bridgehead atoms. The van der Waals surface area contributed by atoms with Crippen LogP contribution in [0.25, 0.3) is 0 Å². The molecule has 0 radical (unpaired) electrons. The number of alkyl halides is 2. The maximum Gasteiger partial charge on any atom is 0.315 e. The lowest BCUT2D eigenvalue weighted by molar-refractivity contribution is -0.144. The average molecular weight is 241 g/mol. The summed E-state index contributed by atoms with van der Waals surface area (Å²) in [6.07, 6.45) is -1.41. The van der Waals surface area contributed by atoms with Crippen LogP contribution < -0.4 is 0 Å². The highest BCUT2D eigenvalue weighted by Crippen LogP contribution is 2.29.